The molecule has 0 aliphatic carbocycles. The topological polar surface area (TPSA) is 50.7 Å². The predicted octanol–water partition coefficient (Wildman–Crippen LogP) is 1.74. The van der Waals surface area contributed by atoms with Gasteiger partial charge in [0.05, 0.1) is 13.2 Å². The number of nitrogens with one attached hydrogen (secondary N) is 1. The van der Waals surface area contributed by atoms with Gasteiger partial charge in [0, 0.05) is 17.7 Å². The lowest BCUT2D eigenvalue weighted by Gasteiger charge is -2.18. The van der Waals surface area contributed by atoms with Crippen molar-refractivity contribution in [2.45, 2.75) is 26.0 Å². The largest absolute Gasteiger partial charge is 0.497 e. The third-order valence-corrected chi connectivity index (χ3v) is 2.60. The quantitative estimate of drug-likeness (QED) is 0.794. The Kier molecular flexibility index (Phi) is 5.25. The van der Waals surface area contributed by atoms with E-state index >= 15 is 0 Å². The van der Waals surface area contributed by atoms with E-state index in [1.165, 1.54) is 0 Å². The molecule has 0 aliphatic rings. The smallest absolute Gasteiger partial charge is 0.127 e. The van der Waals surface area contributed by atoms with Gasteiger partial charge in [-0.05, 0) is 27.0 Å². The van der Waals surface area contributed by atoms with Gasteiger partial charge in [-0.3, -0.25) is 0 Å². The molecule has 0 aliphatic heterocycles. The Hall–Kier alpha value is -1.26. The summed E-state index contributed by atoms with van der Waals surface area (Å²) in [6.45, 7) is 4.02. The standard InChI is InChI=1S/C13H21NO3/c1-9(15)8-17-13-7-11(16-4)5-6-12(13)10(2)14-3/h5-7,9-10,14-15H,8H2,1-4H3. The minimum atomic E-state index is -0.487. The number of aliphatic hydroxyl groups excluding tert-OH is 1. The molecule has 0 bridgehead atoms. The molecule has 0 radical (unpaired) electrons. The molecule has 1 aromatic carbocycles. The lowest BCUT2D eigenvalue weighted by molar-refractivity contribution is 0.121. The molecule has 0 spiro atoms. The molecule has 0 fully saturated rings. The second-order valence-electron chi connectivity index (χ2n) is 4.07. The normalized spacial score (nSPS) is 14.2. The van der Waals surface area contributed by atoms with Crippen LogP contribution >= 0.6 is 0 Å². The fourth-order valence-electron chi connectivity index (χ4n) is 1.49. The van der Waals surface area contributed by atoms with Crippen molar-refractivity contribution in [2.24, 2.45) is 0 Å². The Labute approximate surface area is 103 Å². The SMILES string of the molecule is CNC(C)c1ccc(OC)cc1OCC(C)O. The Morgan fingerprint density at radius 3 is 2.59 bits per heavy atom. The number of ether oxygens (including phenoxy) is 2. The highest BCUT2D eigenvalue weighted by Gasteiger charge is 2.12. The van der Waals surface area contributed by atoms with Crippen molar-refractivity contribution in [1.82, 2.24) is 5.32 Å². The maximum absolute atomic E-state index is 9.25. The summed E-state index contributed by atoms with van der Waals surface area (Å²) < 4.78 is 10.8. The Bertz CT molecular complexity index is 353. The number of hydrogen-bond donors (Lipinski definition) is 2. The van der Waals surface area contributed by atoms with Crippen molar-refractivity contribution in [3.63, 3.8) is 0 Å². The minimum absolute atomic E-state index is 0.185. The van der Waals surface area contributed by atoms with Gasteiger partial charge in [0.2, 0.25) is 0 Å². The van der Waals surface area contributed by atoms with Crippen molar-refractivity contribution in [3.8, 4) is 11.5 Å². The lowest BCUT2D eigenvalue weighted by atomic mass is 10.1. The first-order valence-corrected chi connectivity index (χ1v) is 5.74. The highest BCUT2D eigenvalue weighted by atomic mass is 16.5. The van der Waals surface area contributed by atoms with E-state index in [2.05, 4.69) is 12.2 Å². The molecule has 0 amide bonds. The first-order chi connectivity index (χ1) is 8.08. The van der Waals surface area contributed by atoms with Gasteiger partial charge in [0.15, 0.2) is 0 Å². The average molecular weight is 239 g/mol. The van der Waals surface area contributed by atoms with E-state index in [1.807, 2.05) is 25.2 Å². The third-order valence-electron chi connectivity index (χ3n) is 2.60. The van der Waals surface area contributed by atoms with Crippen molar-refractivity contribution in [1.29, 1.82) is 0 Å². The highest BCUT2D eigenvalue weighted by Crippen LogP contribution is 2.29. The minimum Gasteiger partial charge on any atom is -0.497 e. The van der Waals surface area contributed by atoms with Crippen LogP contribution in [-0.4, -0.2) is 32.0 Å². The van der Waals surface area contributed by atoms with Gasteiger partial charge < -0.3 is 19.9 Å². The second-order valence-corrected chi connectivity index (χ2v) is 4.07. The van der Waals surface area contributed by atoms with Crippen molar-refractivity contribution >= 4 is 0 Å². The highest BCUT2D eigenvalue weighted by molar-refractivity contribution is 5.42. The van der Waals surface area contributed by atoms with Gasteiger partial charge >= 0.3 is 0 Å². The van der Waals surface area contributed by atoms with E-state index in [4.69, 9.17) is 9.47 Å². The van der Waals surface area contributed by atoms with Crippen LogP contribution in [0.5, 0.6) is 11.5 Å². The van der Waals surface area contributed by atoms with Gasteiger partial charge in [-0.15, -0.1) is 0 Å². The van der Waals surface area contributed by atoms with Crippen LogP contribution in [-0.2, 0) is 0 Å². The van der Waals surface area contributed by atoms with E-state index in [0.29, 0.717) is 0 Å². The molecule has 1 aromatic rings. The van der Waals surface area contributed by atoms with E-state index in [9.17, 15) is 5.11 Å². The van der Waals surface area contributed by atoms with E-state index in [-0.39, 0.29) is 12.6 Å². The summed E-state index contributed by atoms with van der Waals surface area (Å²) in [7, 11) is 3.52. The molecule has 0 saturated carbocycles. The molecule has 0 aromatic heterocycles. The van der Waals surface area contributed by atoms with Gasteiger partial charge in [-0.1, -0.05) is 6.07 Å². The molecule has 2 unspecified atom stereocenters. The molecule has 4 nitrogen and oxygen atoms in total. The Morgan fingerprint density at radius 1 is 1.35 bits per heavy atom. The van der Waals surface area contributed by atoms with Crippen LogP contribution in [0.15, 0.2) is 18.2 Å². The van der Waals surface area contributed by atoms with Crippen LogP contribution in [0.25, 0.3) is 0 Å². The fraction of sp³-hybridized carbons (Fsp3) is 0.538. The number of rotatable bonds is 6. The number of hydrogen-bond acceptors (Lipinski definition) is 4. The van der Waals surface area contributed by atoms with Crippen molar-refractivity contribution in [3.05, 3.63) is 23.8 Å². The second kappa shape index (κ2) is 6.47. The van der Waals surface area contributed by atoms with Crippen LogP contribution in [0.4, 0.5) is 0 Å². The summed E-state index contributed by atoms with van der Waals surface area (Å²) in [6.07, 6.45) is -0.487. The van der Waals surface area contributed by atoms with Crippen LogP contribution in [0.1, 0.15) is 25.5 Å². The summed E-state index contributed by atoms with van der Waals surface area (Å²) in [6, 6.07) is 5.89. The molecule has 4 heteroatoms. The molecule has 0 heterocycles. The lowest BCUT2D eigenvalue weighted by Crippen LogP contribution is -2.17. The average Bonchev–Trinajstić information content (AvgIpc) is 2.34. The molecule has 2 N–H and O–H groups in total. The molecular weight excluding hydrogens is 218 g/mol. The maximum Gasteiger partial charge on any atom is 0.127 e. The Morgan fingerprint density at radius 2 is 2.06 bits per heavy atom. The number of aliphatic hydroxyl groups is 1. The van der Waals surface area contributed by atoms with Gasteiger partial charge in [-0.2, -0.15) is 0 Å². The van der Waals surface area contributed by atoms with Gasteiger partial charge in [-0.25, -0.2) is 0 Å². The summed E-state index contributed by atoms with van der Waals surface area (Å²) in [5.74, 6) is 1.49. The monoisotopic (exact) mass is 239 g/mol. The van der Waals surface area contributed by atoms with Crippen LogP contribution in [0.2, 0.25) is 0 Å². The predicted molar refractivity (Wildman–Crippen MR) is 67.6 cm³/mol. The number of methoxy groups -OCH3 is 1. The van der Waals surface area contributed by atoms with E-state index < -0.39 is 6.10 Å². The van der Waals surface area contributed by atoms with E-state index in [1.54, 1.807) is 14.0 Å². The molecule has 17 heavy (non-hydrogen) atoms. The fourth-order valence-corrected chi connectivity index (χ4v) is 1.49. The molecule has 1 rings (SSSR count). The first-order valence-electron chi connectivity index (χ1n) is 5.74. The summed E-state index contributed by atoms with van der Waals surface area (Å²) in [5.41, 5.74) is 1.05. The summed E-state index contributed by atoms with van der Waals surface area (Å²) >= 11 is 0. The maximum atomic E-state index is 9.25. The summed E-state index contributed by atoms with van der Waals surface area (Å²) in [4.78, 5) is 0. The van der Waals surface area contributed by atoms with Gasteiger partial charge in [0.25, 0.3) is 0 Å². The first kappa shape index (κ1) is 13.8. The molecular formula is C13H21NO3. The molecule has 0 saturated heterocycles. The Balaban J connectivity index is 2.94. The van der Waals surface area contributed by atoms with Crippen LogP contribution in [0, 0.1) is 0 Å². The zero-order chi connectivity index (χ0) is 12.8. The number of benzene rings is 1. The summed E-state index contributed by atoms with van der Waals surface area (Å²) in [5, 5.41) is 12.4. The molecule has 96 valence electrons. The van der Waals surface area contributed by atoms with Crippen molar-refractivity contribution in [2.75, 3.05) is 20.8 Å². The third kappa shape index (κ3) is 3.91. The van der Waals surface area contributed by atoms with Crippen LogP contribution < -0.4 is 14.8 Å². The van der Waals surface area contributed by atoms with Crippen LogP contribution in [0.3, 0.4) is 0 Å². The molecule has 2 atom stereocenters. The zero-order valence-corrected chi connectivity index (χ0v) is 10.9. The zero-order valence-electron chi connectivity index (χ0n) is 10.9. The van der Waals surface area contributed by atoms with E-state index in [0.717, 1.165) is 17.1 Å². The van der Waals surface area contributed by atoms with Gasteiger partial charge in [0.1, 0.15) is 18.1 Å². The van der Waals surface area contributed by atoms with Crippen molar-refractivity contribution < 1.29 is 14.6 Å².